The van der Waals surface area contributed by atoms with Gasteiger partial charge in [-0.15, -0.1) is 11.6 Å². The molecule has 0 fully saturated rings. The molecule has 0 bridgehead atoms. The second-order valence-corrected chi connectivity index (χ2v) is 5.70. The van der Waals surface area contributed by atoms with Crippen LogP contribution in [0.5, 0.6) is 0 Å². The van der Waals surface area contributed by atoms with Crippen LogP contribution >= 0.6 is 27.5 Å². The lowest BCUT2D eigenvalue weighted by molar-refractivity contribution is 0.636. The van der Waals surface area contributed by atoms with Gasteiger partial charge in [-0.2, -0.15) is 0 Å². The molecule has 2 heterocycles. The molecule has 0 saturated carbocycles. The quantitative estimate of drug-likeness (QED) is 0.618. The van der Waals surface area contributed by atoms with Gasteiger partial charge in [0.1, 0.15) is 0 Å². The van der Waals surface area contributed by atoms with Gasteiger partial charge in [0.25, 0.3) is 5.56 Å². The van der Waals surface area contributed by atoms with Gasteiger partial charge in [0, 0.05) is 20.6 Å². The number of fused-ring (bicyclic) bond motifs is 1. The van der Waals surface area contributed by atoms with Crippen LogP contribution < -0.4 is 11.2 Å². The Kier molecular flexibility index (Phi) is 3.87. The Labute approximate surface area is 122 Å². The Morgan fingerprint density at radius 1 is 1.32 bits per heavy atom. The number of rotatable bonds is 3. The monoisotopic (exact) mass is 348 g/mol. The Balaban J connectivity index is 2.83. The average molecular weight is 350 g/mol. The van der Waals surface area contributed by atoms with Gasteiger partial charge in [-0.1, -0.05) is 6.92 Å². The average Bonchev–Trinajstić information content (AvgIpc) is 2.71. The van der Waals surface area contributed by atoms with E-state index < -0.39 is 5.69 Å². The Bertz CT molecular complexity index is 746. The molecule has 0 aliphatic carbocycles. The van der Waals surface area contributed by atoms with Crippen LogP contribution in [0.3, 0.4) is 0 Å². The van der Waals surface area contributed by atoms with Gasteiger partial charge in [-0.25, -0.2) is 9.78 Å². The first-order chi connectivity index (χ1) is 8.88. The number of imidazole rings is 1. The highest BCUT2D eigenvalue weighted by Crippen LogP contribution is 2.18. The molecule has 0 amide bonds. The zero-order valence-electron chi connectivity index (χ0n) is 10.9. The molecule has 8 heteroatoms. The fourth-order valence-electron chi connectivity index (χ4n) is 1.91. The van der Waals surface area contributed by atoms with Gasteiger partial charge >= 0.3 is 5.69 Å². The number of hydrogen-bond donors (Lipinski definition) is 0. The van der Waals surface area contributed by atoms with E-state index in [2.05, 4.69) is 20.9 Å². The van der Waals surface area contributed by atoms with Crippen molar-refractivity contribution in [1.29, 1.82) is 0 Å². The number of alkyl halides is 1. The van der Waals surface area contributed by atoms with E-state index >= 15 is 0 Å². The Morgan fingerprint density at radius 3 is 2.53 bits per heavy atom. The number of halogens is 2. The van der Waals surface area contributed by atoms with Crippen molar-refractivity contribution in [3.8, 4) is 0 Å². The van der Waals surface area contributed by atoms with Crippen molar-refractivity contribution in [2.24, 2.45) is 14.1 Å². The maximum Gasteiger partial charge on any atom is 0.332 e. The summed E-state index contributed by atoms with van der Waals surface area (Å²) in [7, 11) is 3.04. The third kappa shape index (κ3) is 2.25. The molecule has 0 spiro atoms. The van der Waals surface area contributed by atoms with Crippen LogP contribution in [0.25, 0.3) is 11.2 Å². The van der Waals surface area contributed by atoms with Crippen LogP contribution in [0.4, 0.5) is 0 Å². The topological polar surface area (TPSA) is 61.8 Å². The van der Waals surface area contributed by atoms with Crippen LogP contribution in [0, 0.1) is 0 Å². The summed E-state index contributed by atoms with van der Waals surface area (Å²) in [6, 6.07) is 0. The van der Waals surface area contributed by atoms with E-state index in [-0.39, 0.29) is 10.9 Å². The molecule has 104 valence electrons. The molecule has 2 rings (SSSR count). The summed E-state index contributed by atoms with van der Waals surface area (Å²) in [5.41, 5.74) is -0.0145. The molecule has 2 aromatic heterocycles. The molecule has 0 aliphatic heterocycles. The fourth-order valence-corrected chi connectivity index (χ4v) is 2.54. The lowest BCUT2D eigenvalue weighted by Gasteiger charge is -2.10. The highest BCUT2D eigenvalue weighted by Gasteiger charge is 2.19. The van der Waals surface area contributed by atoms with Crippen LogP contribution in [-0.4, -0.2) is 24.1 Å². The van der Waals surface area contributed by atoms with E-state index in [4.69, 9.17) is 11.6 Å². The zero-order chi connectivity index (χ0) is 14.3. The molecule has 0 aliphatic rings. The molecule has 0 N–H and O–H groups in total. The van der Waals surface area contributed by atoms with Gasteiger partial charge < -0.3 is 4.57 Å². The zero-order valence-corrected chi connectivity index (χ0v) is 13.2. The first-order valence-corrected chi connectivity index (χ1v) is 7.07. The molecule has 1 unspecified atom stereocenters. The second kappa shape index (κ2) is 5.13. The summed E-state index contributed by atoms with van der Waals surface area (Å²) in [5.74, 6) is 0. The number of hydrogen-bond acceptors (Lipinski definition) is 3. The van der Waals surface area contributed by atoms with Crippen molar-refractivity contribution in [3.05, 3.63) is 25.6 Å². The van der Waals surface area contributed by atoms with Crippen molar-refractivity contribution in [2.75, 3.05) is 0 Å². The van der Waals surface area contributed by atoms with Crippen LogP contribution in [0.15, 0.2) is 14.3 Å². The van der Waals surface area contributed by atoms with Crippen LogP contribution in [-0.2, 0) is 20.6 Å². The summed E-state index contributed by atoms with van der Waals surface area (Å²) in [6.07, 6.45) is 0.778. The van der Waals surface area contributed by atoms with Crippen molar-refractivity contribution in [3.63, 3.8) is 0 Å². The minimum Gasteiger partial charge on any atom is -0.311 e. The Morgan fingerprint density at radius 2 is 1.95 bits per heavy atom. The minimum absolute atomic E-state index is 0.101. The van der Waals surface area contributed by atoms with Crippen LogP contribution in [0.2, 0.25) is 0 Å². The third-order valence-corrected chi connectivity index (χ3v) is 4.18. The maximum absolute atomic E-state index is 12.2. The first-order valence-electron chi connectivity index (χ1n) is 5.84. The van der Waals surface area contributed by atoms with E-state index in [9.17, 15) is 9.59 Å². The molecule has 0 aromatic carbocycles. The summed E-state index contributed by atoms with van der Waals surface area (Å²) < 4.78 is 4.63. The highest BCUT2D eigenvalue weighted by atomic mass is 79.9. The maximum atomic E-state index is 12.2. The van der Waals surface area contributed by atoms with Gasteiger partial charge in [-0.05, 0) is 22.4 Å². The predicted octanol–water partition coefficient (Wildman–Crippen LogP) is 1.21. The predicted molar refractivity (Wildman–Crippen MR) is 77.8 cm³/mol. The van der Waals surface area contributed by atoms with Crippen LogP contribution in [0.1, 0.15) is 13.3 Å². The molecule has 19 heavy (non-hydrogen) atoms. The minimum atomic E-state index is -0.396. The van der Waals surface area contributed by atoms with E-state index in [1.807, 2.05) is 6.92 Å². The van der Waals surface area contributed by atoms with Crippen molar-refractivity contribution < 1.29 is 0 Å². The molecular formula is C11H14BrClN4O2. The number of aryl methyl sites for hydroxylation is 1. The van der Waals surface area contributed by atoms with E-state index in [1.54, 1.807) is 11.6 Å². The smallest absolute Gasteiger partial charge is 0.311 e. The van der Waals surface area contributed by atoms with E-state index in [0.717, 1.165) is 11.0 Å². The van der Waals surface area contributed by atoms with Gasteiger partial charge in [-0.3, -0.25) is 13.9 Å². The number of aromatic nitrogens is 4. The lowest BCUT2D eigenvalue weighted by atomic mass is 10.3. The molecular weight excluding hydrogens is 336 g/mol. The first kappa shape index (κ1) is 14.3. The lowest BCUT2D eigenvalue weighted by Crippen LogP contribution is -2.37. The Hall–Kier alpha value is -1.08. The van der Waals surface area contributed by atoms with Crippen molar-refractivity contribution in [2.45, 2.75) is 25.3 Å². The third-order valence-electron chi connectivity index (χ3n) is 3.13. The molecule has 2 aromatic rings. The highest BCUT2D eigenvalue weighted by molar-refractivity contribution is 9.10. The van der Waals surface area contributed by atoms with Gasteiger partial charge in [0.15, 0.2) is 15.9 Å². The van der Waals surface area contributed by atoms with E-state index in [1.165, 1.54) is 11.6 Å². The largest absolute Gasteiger partial charge is 0.332 e. The molecule has 6 nitrogen and oxygen atoms in total. The summed E-state index contributed by atoms with van der Waals surface area (Å²) in [6.45, 7) is 2.43. The SMILES string of the molecule is CCC(Cl)Cn1c(Br)nc2c1c(=O)n(C)c(=O)n2C. The van der Waals surface area contributed by atoms with Gasteiger partial charge in [0.05, 0.1) is 5.38 Å². The summed E-state index contributed by atoms with van der Waals surface area (Å²) in [5, 5.41) is -0.101. The van der Waals surface area contributed by atoms with Crippen molar-refractivity contribution in [1.82, 2.24) is 18.7 Å². The fraction of sp³-hybridized carbons (Fsp3) is 0.545. The summed E-state index contributed by atoms with van der Waals surface area (Å²) in [4.78, 5) is 28.3. The van der Waals surface area contributed by atoms with E-state index in [0.29, 0.717) is 22.4 Å². The second-order valence-electron chi connectivity index (χ2n) is 4.37. The standard InChI is InChI=1S/C11H14BrClN4O2/c1-4-6(13)5-17-7-8(14-10(17)12)15(2)11(19)16(3)9(7)18/h6H,4-5H2,1-3H3. The number of nitrogens with zero attached hydrogens (tertiary/aromatic N) is 4. The normalized spacial score (nSPS) is 13.1. The van der Waals surface area contributed by atoms with Crippen molar-refractivity contribution >= 4 is 38.7 Å². The van der Waals surface area contributed by atoms with Gasteiger partial charge in [0.2, 0.25) is 0 Å². The molecule has 1 atom stereocenters. The molecule has 0 radical (unpaired) electrons. The molecule has 0 saturated heterocycles. The summed E-state index contributed by atoms with van der Waals surface area (Å²) >= 11 is 9.46.